The predicted octanol–water partition coefficient (Wildman–Crippen LogP) is 5.32. The monoisotopic (exact) mass is 362 g/mol. The highest BCUT2D eigenvalue weighted by Gasteiger charge is 2.21. The molecule has 0 atom stereocenters. The Morgan fingerprint density at radius 3 is 2.57 bits per heavy atom. The molecule has 2 aromatic carbocycles. The summed E-state index contributed by atoms with van der Waals surface area (Å²) in [5, 5.41) is 4.55. The van der Waals surface area contributed by atoms with Gasteiger partial charge in [-0.15, -0.1) is 0 Å². The minimum atomic E-state index is 0.342. The molecule has 0 fully saturated rings. The topological polar surface area (TPSA) is 52.0 Å². The van der Waals surface area contributed by atoms with Gasteiger partial charge >= 0.3 is 0 Å². The molecule has 0 aliphatic heterocycles. The van der Waals surface area contributed by atoms with Gasteiger partial charge in [-0.3, -0.25) is 0 Å². The number of anilines is 1. The number of nitrogen functional groups attached to an aromatic ring is 1. The lowest BCUT2D eigenvalue weighted by Gasteiger charge is -2.07. The zero-order chi connectivity index (χ0) is 15.0. The van der Waals surface area contributed by atoms with Crippen LogP contribution < -0.4 is 5.73 Å². The van der Waals surface area contributed by atoms with Gasteiger partial charge in [0.1, 0.15) is 0 Å². The fraction of sp³-hybridized carbons (Fsp3) is 0.0625. The summed E-state index contributed by atoms with van der Waals surface area (Å²) < 4.78 is 6.37. The average Bonchev–Trinajstić information content (AvgIpc) is 2.84. The Morgan fingerprint density at radius 1 is 1.10 bits per heavy atom. The first kappa shape index (κ1) is 14.2. The second-order valence-corrected chi connectivity index (χ2v) is 5.92. The van der Waals surface area contributed by atoms with Crippen molar-refractivity contribution in [3.05, 3.63) is 57.5 Å². The number of hydrogen-bond donors (Lipinski definition) is 1. The second-order valence-electron chi connectivity index (χ2n) is 4.69. The van der Waals surface area contributed by atoms with Gasteiger partial charge in [-0.25, -0.2) is 0 Å². The number of aryl methyl sites for hydroxylation is 1. The average molecular weight is 364 g/mol. The van der Waals surface area contributed by atoms with Crippen molar-refractivity contribution in [2.45, 2.75) is 6.92 Å². The Hall–Kier alpha value is -1.78. The first-order valence-corrected chi connectivity index (χ1v) is 7.52. The quantitative estimate of drug-likeness (QED) is 0.671. The molecule has 0 saturated carbocycles. The van der Waals surface area contributed by atoms with Crippen molar-refractivity contribution in [1.29, 1.82) is 0 Å². The smallest absolute Gasteiger partial charge is 0.178 e. The standard InChI is InChI=1S/C16H12BrClN2O/c1-9-5-4-7-11(14(9)18)15-13(16(19)20-21-15)10-6-2-3-8-12(10)17/h2-8H,1H3,(H2,19,20). The van der Waals surface area contributed by atoms with Crippen molar-refractivity contribution in [3.63, 3.8) is 0 Å². The molecule has 1 heterocycles. The highest BCUT2D eigenvalue weighted by atomic mass is 79.9. The van der Waals surface area contributed by atoms with Crippen LogP contribution in [-0.4, -0.2) is 5.16 Å². The van der Waals surface area contributed by atoms with Crippen LogP contribution in [0, 0.1) is 6.92 Å². The third kappa shape index (κ3) is 2.45. The summed E-state index contributed by atoms with van der Waals surface area (Å²) in [5.74, 6) is 0.919. The van der Waals surface area contributed by atoms with E-state index in [0.717, 1.165) is 26.7 Å². The summed E-state index contributed by atoms with van der Waals surface area (Å²) in [6, 6.07) is 13.6. The Kier molecular flexibility index (Phi) is 3.74. The van der Waals surface area contributed by atoms with Gasteiger partial charge < -0.3 is 10.3 Å². The zero-order valence-corrected chi connectivity index (χ0v) is 13.6. The lowest BCUT2D eigenvalue weighted by atomic mass is 10.0. The summed E-state index contributed by atoms with van der Waals surface area (Å²) in [5.41, 5.74) is 9.42. The van der Waals surface area contributed by atoms with Crippen LogP contribution in [0.1, 0.15) is 5.56 Å². The number of benzene rings is 2. The van der Waals surface area contributed by atoms with Crippen LogP contribution in [0.5, 0.6) is 0 Å². The van der Waals surface area contributed by atoms with Crippen LogP contribution in [0.3, 0.4) is 0 Å². The van der Waals surface area contributed by atoms with Gasteiger partial charge in [-0.1, -0.05) is 63.0 Å². The minimum absolute atomic E-state index is 0.342. The second kappa shape index (κ2) is 5.54. The van der Waals surface area contributed by atoms with E-state index < -0.39 is 0 Å². The van der Waals surface area contributed by atoms with Crippen molar-refractivity contribution in [2.75, 3.05) is 5.73 Å². The lowest BCUT2D eigenvalue weighted by Crippen LogP contribution is -1.90. The van der Waals surface area contributed by atoms with Gasteiger partial charge in [0.05, 0.1) is 10.6 Å². The molecule has 0 spiro atoms. The van der Waals surface area contributed by atoms with Crippen molar-refractivity contribution in [2.24, 2.45) is 0 Å². The molecule has 5 heteroatoms. The third-order valence-electron chi connectivity index (χ3n) is 3.30. The van der Waals surface area contributed by atoms with Crippen molar-refractivity contribution >= 4 is 33.3 Å². The Morgan fingerprint density at radius 2 is 1.81 bits per heavy atom. The Labute approximate surface area is 135 Å². The van der Waals surface area contributed by atoms with E-state index in [-0.39, 0.29) is 0 Å². The minimum Gasteiger partial charge on any atom is -0.380 e. The molecular formula is C16H12BrClN2O. The van der Waals surface area contributed by atoms with E-state index in [9.17, 15) is 0 Å². The van der Waals surface area contributed by atoms with E-state index >= 15 is 0 Å². The van der Waals surface area contributed by atoms with E-state index in [1.54, 1.807) is 0 Å². The summed E-state index contributed by atoms with van der Waals surface area (Å²) in [6.45, 7) is 1.95. The summed E-state index contributed by atoms with van der Waals surface area (Å²) in [4.78, 5) is 0. The maximum Gasteiger partial charge on any atom is 0.178 e. The molecule has 0 amide bonds. The van der Waals surface area contributed by atoms with Crippen LogP contribution in [-0.2, 0) is 0 Å². The first-order valence-electron chi connectivity index (χ1n) is 6.35. The van der Waals surface area contributed by atoms with Crippen molar-refractivity contribution in [3.8, 4) is 22.5 Å². The molecule has 0 radical (unpaired) electrons. The number of nitrogens with zero attached hydrogens (tertiary/aromatic N) is 1. The summed E-state index contributed by atoms with van der Waals surface area (Å²) in [7, 11) is 0. The van der Waals surface area contributed by atoms with Crippen LogP contribution in [0.4, 0.5) is 5.82 Å². The molecular weight excluding hydrogens is 352 g/mol. The normalized spacial score (nSPS) is 10.8. The molecule has 0 unspecified atom stereocenters. The van der Waals surface area contributed by atoms with Gasteiger partial charge in [0.25, 0.3) is 0 Å². The molecule has 0 aliphatic carbocycles. The van der Waals surface area contributed by atoms with Gasteiger partial charge in [0, 0.05) is 15.6 Å². The lowest BCUT2D eigenvalue weighted by molar-refractivity contribution is 0.436. The maximum atomic E-state index is 6.40. The van der Waals surface area contributed by atoms with E-state index in [1.807, 2.05) is 49.4 Å². The molecule has 3 aromatic rings. The van der Waals surface area contributed by atoms with E-state index in [4.69, 9.17) is 21.9 Å². The van der Waals surface area contributed by atoms with Gasteiger partial charge in [-0.2, -0.15) is 0 Å². The third-order valence-corrected chi connectivity index (χ3v) is 4.49. The summed E-state index contributed by atoms with van der Waals surface area (Å²) in [6.07, 6.45) is 0. The van der Waals surface area contributed by atoms with E-state index in [1.165, 1.54) is 0 Å². The Balaban J connectivity index is 2.28. The highest BCUT2D eigenvalue weighted by Crippen LogP contribution is 2.42. The summed E-state index contributed by atoms with van der Waals surface area (Å²) >= 11 is 9.93. The van der Waals surface area contributed by atoms with Crippen molar-refractivity contribution in [1.82, 2.24) is 5.16 Å². The fourth-order valence-corrected chi connectivity index (χ4v) is 2.93. The maximum absolute atomic E-state index is 6.40. The van der Waals surface area contributed by atoms with Crippen LogP contribution >= 0.6 is 27.5 Å². The van der Waals surface area contributed by atoms with Crippen LogP contribution in [0.2, 0.25) is 5.02 Å². The molecule has 0 aliphatic rings. The van der Waals surface area contributed by atoms with Crippen LogP contribution in [0.25, 0.3) is 22.5 Å². The van der Waals surface area contributed by atoms with Crippen molar-refractivity contribution < 1.29 is 4.52 Å². The van der Waals surface area contributed by atoms with Crippen LogP contribution in [0.15, 0.2) is 51.5 Å². The largest absolute Gasteiger partial charge is 0.380 e. The molecule has 0 bridgehead atoms. The highest BCUT2D eigenvalue weighted by molar-refractivity contribution is 9.10. The number of aromatic nitrogens is 1. The number of hydrogen-bond acceptors (Lipinski definition) is 3. The van der Waals surface area contributed by atoms with E-state index in [0.29, 0.717) is 16.6 Å². The zero-order valence-electron chi connectivity index (χ0n) is 11.2. The van der Waals surface area contributed by atoms with Gasteiger partial charge in [-0.05, 0) is 24.6 Å². The van der Waals surface area contributed by atoms with Gasteiger partial charge in [0.15, 0.2) is 11.6 Å². The Bertz CT molecular complexity index is 814. The predicted molar refractivity (Wildman–Crippen MR) is 89.2 cm³/mol. The molecule has 0 saturated heterocycles. The molecule has 106 valence electrons. The molecule has 1 aromatic heterocycles. The number of halogens is 2. The number of rotatable bonds is 2. The fourth-order valence-electron chi connectivity index (χ4n) is 2.23. The van der Waals surface area contributed by atoms with E-state index in [2.05, 4.69) is 21.1 Å². The van der Waals surface area contributed by atoms with Gasteiger partial charge in [0.2, 0.25) is 0 Å². The molecule has 21 heavy (non-hydrogen) atoms. The molecule has 3 nitrogen and oxygen atoms in total. The SMILES string of the molecule is Cc1cccc(-c2onc(N)c2-c2ccccc2Br)c1Cl. The molecule has 2 N–H and O–H groups in total. The number of nitrogens with two attached hydrogens (primary N) is 1. The molecule has 3 rings (SSSR count). The first-order chi connectivity index (χ1) is 10.1.